The average molecular weight is 239 g/mol. The summed E-state index contributed by atoms with van der Waals surface area (Å²) in [5, 5.41) is 10.4. The Morgan fingerprint density at radius 3 is 2.31 bits per heavy atom. The molecule has 1 fully saturated rings. The zero-order valence-corrected chi connectivity index (χ0v) is 12.1. The van der Waals surface area contributed by atoms with Gasteiger partial charge in [0.05, 0.1) is 12.0 Å². The summed E-state index contributed by atoms with van der Waals surface area (Å²) >= 11 is 2.01. The van der Waals surface area contributed by atoms with Crippen LogP contribution in [0.5, 0.6) is 0 Å². The van der Waals surface area contributed by atoms with Crippen LogP contribution < -0.4 is 0 Å². The summed E-state index contributed by atoms with van der Waals surface area (Å²) in [5.41, 5.74) is 0.399. The molecular weight excluding hydrogens is 214 g/mol. The molecule has 0 aromatic rings. The second-order valence-corrected chi connectivity index (χ2v) is 8.16. The average Bonchev–Trinajstić information content (AvgIpc) is 2.15. The topological polar surface area (TPSA) is 23.8 Å². The third kappa shape index (κ3) is 3.70. The van der Waals surface area contributed by atoms with Gasteiger partial charge in [-0.3, -0.25) is 0 Å². The lowest BCUT2D eigenvalue weighted by Crippen LogP contribution is -2.33. The SMILES string of the molecule is CC(C)SC1CC(C(C)(C)C)CCC1C#N. The van der Waals surface area contributed by atoms with E-state index in [0.29, 0.717) is 15.9 Å². The second kappa shape index (κ2) is 5.45. The van der Waals surface area contributed by atoms with Gasteiger partial charge in [0.1, 0.15) is 0 Å². The van der Waals surface area contributed by atoms with Crippen molar-refractivity contribution in [2.24, 2.45) is 17.3 Å². The van der Waals surface area contributed by atoms with Gasteiger partial charge >= 0.3 is 0 Å². The molecule has 1 nitrogen and oxygen atoms in total. The highest BCUT2D eigenvalue weighted by molar-refractivity contribution is 8.00. The summed E-state index contributed by atoms with van der Waals surface area (Å²) in [7, 11) is 0. The first-order chi connectivity index (χ1) is 7.34. The first-order valence-electron chi connectivity index (χ1n) is 6.39. The summed E-state index contributed by atoms with van der Waals surface area (Å²) in [4.78, 5) is 0. The minimum Gasteiger partial charge on any atom is -0.198 e. The third-order valence-corrected chi connectivity index (χ3v) is 5.04. The first kappa shape index (κ1) is 13.9. The lowest BCUT2D eigenvalue weighted by Gasteiger charge is -2.40. The van der Waals surface area contributed by atoms with Gasteiger partial charge in [-0.15, -0.1) is 0 Å². The smallest absolute Gasteiger partial charge is 0.0667 e. The second-order valence-electron chi connectivity index (χ2n) is 6.33. The number of hydrogen-bond donors (Lipinski definition) is 0. The third-order valence-electron chi connectivity index (χ3n) is 3.63. The van der Waals surface area contributed by atoms with Gasteiger partial charge in [0.15, 0.2) is 0 Å². The van der Waals surface area contributed by atoms with Gasteiger partial charge in [0, 0.05) is 5.25 Å². The zero-order chi connectivity index (χ0) is 12.3. The van der Waals surface area contributed by atoms with Crippen LogP contribution in [0, 0.1) is 28.6 Å². The van der Waals surface area contributed by atoms with Crippen LogP contribution in [0.15, 0.2) is 0 Å². The van der Waals surface area contributed by atoms with Crippen LogP contribution in [0.1, 0.15) is 53.9 Å². The molecular formula is C14H25NS. The Labute approximate surface area is 105 Å². The van der Waals surface area contributed by atoms with E-state index < -0.39 is 0 Å². The van der Waals surface area contributed by atoms with Crippen molar-refractivity contribution in [2.75, 3.05) is 0 Å². The highest BCUT2D eigenvalue weighted by Gasteiger charge is 2.36. The van der Waals surface area contributed by atoms with E-state index >= 15 is 0 Å². The van der Waals surface area contributed by atoms with E-state index in [9.17, 15) is 5.26 Å². The first-order valence-corrected chi connectivity index (χ1v) is 7.34. The summed E-state index contributed by atoms with van der Waals surface area (Å²) < 4.78 is 0. The molecule has 3 atom stereocenters. The summed E-state index contributed by atoms with van der Waals surface area (Å²) in [6.07, 6.45) is 3.56. The van der Waals surface area contributed by atoms with Crippen molar-refractivity contribution >= 4 is 11.8 Å². The van der Waals surface area contributed by atoms with E-state index in [1.54, 1.807) is 0 Å². The molecule has 0 saturated heterocycles. The highest BCUT2D eigenvalue weighted by atomic mass is 32.2. The molecule has 0 bridgehead atoms. The molecule has 3 unspecified atom stereocenters. The van der Waals surface area contributed by atoms with Crippen LogP contribution in [-0.4, -0.2) is 10.5 Å². The molecule has 0 aromatic heterocycles. The van der Waals surface area contributed by atoms with E-state index in [1.165, 1.54) is 12.8 Å². The fourth-order valence-electron chi connectivity index (χ4n) is 2.56. The van der Waals surface area contributed by atoms with E-state index in [2.05, 4.69) is 40.7 Å². The number of nitriles is 1. The number of nitrogens with zero attached hydrogens (tertiary/aromatic N) is 1. The van der Waals surface area contributed by atoms with Crippen molar-refractivity contribution in [3.8, 4) is 6.07 Å². The maximum atomic E-state index is 9.20. The lowest BCUT2D eigenvalue weighted by molar-refractivity contribution is 0.169. The zero-order valence-electron chi connectivity index (χ0n) is 11.3. The number of hydrogen-bond acceptors (Lipinski definition) is 2. The normalized spacial score (nSPS) is 31.4. The van der Waals surface area contributed by atoms with Crippen molar-refractivity contribution in [2.45, 2.75) is 64.4 Å². The summed E-state index contributed by atoms with van der Waals surface area (Å²) in [5.74, 6) is 1.07. The Kier molecular flexibility index (Phi) is 4.73. The molecule has 0 aliphatic heterocycles. The Hall–Kier alpha value is -0.160. The summed E-state index contributed by atoms with van der Waals surface area (Å²) in [6, 6.07) is 2.51. The van der Waals surface area contributed by atoms with E-state index in [-0.39, 0.29) is 5.92 Å². The molecule has 0 spiro atoms. The Morgan fingerprint density at radius 2 is 1.88 bits per heavy atom. The largest absolute Gasteiger partial charge is 0.198 e. The molecule has 1 aliphatic carbocycles. The van der Waals surface area contributed by atoms with Crippen molar-refractivity contribution in [3.63, 3.8) is 0 Å². The minimum atomic E-state index is 0.283. The molecule has 16 heavy (non-hydrogen) atoms. The van der Waals surface area contributed by atoms with E-state index in [4.69, 9.17) is 0 Å². The van der Waals surface area contributed by atoms with Gasteiger partial charge in [0.25, 0.3) is 0 Å². The van der Waals surface area contributed by atoms with Crippen LogP contribution in [0.3, 0.4) is 0 Å². The molecule has 1 rings (SSSR count). The molecule has 0 amide bonds. The van der Waals surface area contributed by atoms with Crippen LogP contribution in [0.4, 0.5) is 0 Å². The molecule has 2 heteroatoms. The van der Waals surface area contributed by atoms with Gasteiger partial charge in [0.2, 0.25) is 0 Å². The highest BCUT2D eigenvalue weighted by Crippen LogP contribution is 2.44. The fourth-order valence-corrected chi connectivity index (χ4v) is 3.99. The molecule has 1 aliphatic rings. The van der Waals surface area contributed by atoms with Gasteiger partial charge in [-0.05, 0) is 35.8 Å². The Morgan fingerprint density at radius 1 is 1.25 bits per heavy atom. The fraction of sp³-hybridized carbons (Fsp3) is 0.929. The Bertz CT molecular complexity index is 259. The maximum Gasteiger partial charge on any atom is 0.0667 e. The number of rotatable bonds is 2. The number of thioether (sulfide) groups is 1. The molecule has 92 valence electrons. The predicted molar refractivity (Wildman–Crippen MR) is 72.4 cm³/mol. The van der Waals surface area contributed by atoms with Crippen molar-refractivity contribution in [3.05, 3.63) is 0 Å². The van der Waals surface area contributed by atoms with Gasteiger partial charge in [-0.1, -0.05) is 34.6 Å². The van der Waals surface area contributed by atoms with E-state index in [0.717, 1.165) is 12.3 Å². The van der Waals surface area contributed by atoms with Crippen LogP contribution in [0.2, 0.25) is 0 Å². The maximum absolute atomic E-state index is 9.20. The van der Waals surface area contributed by atoms with Gasteiger partial charge in [-0.2, -0.15) is 17.0 Å². The molecule has 0 radical (unpaired) electrons. The monoisotopic (exact) mass is 239 g/mol. The Balaban J connectivity index is 2.66. The molecule has 1 saturated carbocycles. The summed E-state index contributed by atoms with van der Waals surface area (Å²) in [6.45, 7) is 11.5. The van der Waals surface area contributed by atoms with E-state index in [1.807, 2.05) is 11.8 Å². The quantitative estimate of drug-likeness (QED) is 0.709. The standard InChI is InChI=1S/C14H25NS/c1-10(2)16-13-8-12(14(3,4)5)7-6-11(13)9-15/h10-13H,6-8H2,1-5H3. The predicted octanol–water partition coefficient (Wildman–Crippen LogP) is 4.48. The molecule has 0 N–H and O–H groups in total. The lowest BCUT2D eigenvalue weighted by atomic mass is 9.70. The van der Waals surface area contributed by atoms with Gasteiger partial charge < -0.3 is 0 Å². The van der Waals surface area contributed by atoms with Crippen LogP contribution >= 0.6 is 11.8 Å². The minimum absolute atomic E-state index is 0.283. The molecule has 0 heterocycles. The van der Waals surface area contributed by atoms with Crippen molar-refractivity contribution in [1.29, 1.82) is 5.26 Å². The van der Waals surface area contributed by atoms with Gasteiger partial charge in [-0.25, -0.2) is 0 Å². The van der Waals surface area contributed by atoms with Crippen molar-refractivity contribution in [1.82, 2.24) is 0 Å². The van der Waals surface area contributed by atoms with Crippen LogP contribution in [-0.2, 0) is 0 Å². The van der Waals surface area contributed by atoms with Crippen LogP contribution in [0.25, 0.3) is 0 Å². The molecule has 0 aromatic carbocycles. The van der Waals surface area contributed by atoms with Crippen molar-refractivity contribution < 1.29 is 0 Å².